The number of hydrogen-bond donors (Lipinski definition) is 0. The van der Waals surface area contributed by atoms with E-state index in [0.29, 0.717) is 0 Å². The van der Waals surface area contributed by atoms with Gasteiger partial charge in [0, 0.05) is 26.2 Å². The summed E-state index contributed by atoms with van der Waals surface area (Å²) in [6.45, 7) is -0.513. The summed E-state index contributed by atoms with van der Waals surface area (Å²) in [5.41, 5.74) is 0. The first-order valence-corrected chi connectivity index (χ1v) is 7.30. The van der Waals surface area contributed by atoms with Crippen LogP contribution in [-0.2, 0) is 10.0 Å². The molecule has 0 saturated carbocycles. The van der Waals surface area contributed by atoms with Gasteiger partial charge < -0.3 is 0 Å². The first-order chi connectivity index (χ1) is 7.24. The van der Waals surface area contributed by atoms with Crippen LogP contribution in [0.25, 0.3) is 0 Å². The summed E-state index contributed by atoms with van der Waals surface area (Å²) in [5, 5.41) is 0. The molecule has 0 N–H and O–H groups in total. The number of hydrogen-bond acceptors (Lipinski definition) is 3. The maximum atomic E-state index is 12.1. The molecule has 9 heteroatoms. The van der Waals surface area contributed by atoms with E-state index in [4.69, 9.17) is 0 Å². The fourth-order valence-corrected chi connectivity index (χ4v) is 3.21. The van der Waals surface area contributed by atoms with Crippen LogP contribution in [0.1, 0.15) is 0 Å². The van der Waals surface area contributed by atoms with Gasteiger partial charge in [0.15, 0.2) is 0 Å². The lowest BCUT2D eigenvalue weighted by atomic mass is 10.3. The molecule has 0 aliphatic carbocycles. The topological polar surface area (TPSA) is 40.6 Å². The fourth-order valence-electron chi connectivity index (χ4n) is 1.49. The van der Waals surface area contributed by atoms with E-state index in [1.807, 2.05) is 0 Å². The predicted octanol–water partition coefficient (Wildman–Crippen LogP) is 0.849. The van der Waals surface area contributed by atoms with Crippen molar-refractivity contribution < 1.29 is 21.6 Å². The molecule has 1 aliphatic heterocycles. The Morgan fingerprint density at radius 2 is 1.62 bits per heavy atom. The third kappa shape index (κ3) is 4.19. The van der Waals surface area contributed by atoms with E-state index in [9.17, 15) is 21.6 Å². The van der Waals surface area contributed by atoms with Gasteiger partial charge in [-0.3, -0.25) is 4.90 Å². The van der Waals surface area contributed by atoms with Crippen LogP contribution in [-0.4, -0.2) is 61.2 Å². The fraction of sp³-hybridized carbons (Fsp3) is 1.00. The van der Waals surface area contributed by atoms with E-state index < -0.39 is 22.7 Å². The van der Waals surface area contributed by atoms with Crippen molar-refractivity contribution in [2.45, 2.75) is 6.18 Å². The van der Waals surface area contributed by atoms with E-state index in [-0.39, 0.29) is 30.8 Å². The molecule has 0 aromatic rings. The van der Waals surface area contributed by atoms with Crippen molar-refractivity contribution in [1.29, 1.82) is 0 Å². The summed E-state index contributed by atoms with van der Waals surface area (Å²) in [4.78, 5) is 1.21. The molecule has 1 rings (SSSR count). The van der Waals surface area contributed by atoms with Crippen molar-refractivity contribution in [2.75, 3.05) is 37.4 Å². The van der Waals surface area contributed by atoms with Crippen molar-refractivity contribution in [3.8, 4) is 0 Å². The number of nitrogens with zero attached hydrogens (tertiary/aromatic N) is 2. The quantitative estimate of drug-likeness (QED) is 0.723. The summed E-state index contributed by atoms with van der Waals surface area (Å²) in [6, 6.07) is 0. The molecule has 96 valence electrons. The van der Waals surface area contributed by atoms with Gasteiger partial charge in [-0.1, -0.05) is 15.9 Å². The number of halogens is 4. The molecule has 0 aromatic carbocycles. The van der Waals surface area contributed by atoms with Crippen LogP contribution in [0.4, 0.5) is 13.2 Å². The normalized spacial score (nSPS) is 21.2. The highest BCUT2D eigenvalue weighted by Crippen LogP contribution is 2.18. The summed E-state index contributed by atoms with van der Waals surface area (Å²) in [7, 11) is -3.35. The van der Waals surface area contributed by atoms with Gasteiger partial charge in [0.1, 0.15) is 4.66 Å². The second-order valence-electron chi connectivity index (χ2n) is 3.51. The van der Waals surface area contributed by atoms with Gasteiger partial charge in [-0.15, -0.1) is 0 Å². The zero-order chi connectivity index (χ0) is 12.4. The highest BCUT2D eigenvalue weighted by Gasteiger charge is 2.33. The Bertz CT molecular complexity index is 325. The predicted molar refractivity (Wildman–Crippen MR) is 56.8 cm³/mol. The molecule has 1 heterocycles. The van der Waals surface area contributed by atoms with Crippen LogP contribution in [0, 0.1) is 0 Å². The lowest BCUT2D eigenvalue weighted by Crippen LogP contribution is -2.51. The van der Waals surface area contributed by atoms with Crippen LogP contribution in [0.5, 0.6) is 0 Å². The monoisotopic (exact) mass is 324 g/mol. The van der Waals surface area contributed by atoms with Gasteiger partial charge in [-0.05, 0) is 0 Å². The van der Waals surface area contributed by atoms with Crippen molar-refractivity contribution >= 4 is 26.0 Å². The maximum absolute atomic E-state index is 12.1. The van der Waals surface area contributed by atoms with Gasteiger partial charge >= 0.3 is 6.18 Å². The van der Waals surface area contributed by atoms with Crippen LogP contribution in [0.2, 0.25) is 0 Å². The second-order valence-corrected chi connectivity index (χ2v) is 6.78. The molecule has 1 fully saturated rings. The van der Waals surface area contributed by atoms with Gasteiger partial charge in [-0.25, -0.2) is 8.42 Å². The Hall–Kier alpha value is 0.140. The van der Waals surface area contributed by atoms with Crippen molar-refractivity contribution in [2.24, 2.45) is 0 Å². The van der Waals surface area contributed by atoms with Crippen LogP contribution in [0.15, 0.2) is 0 Å². The number of rotatable bonds is 3. The first kappa shape index (κ1) is 14.2. The minimum Gasteiger partial charge on any atom is -0.292 e. The molecule has 0 aromatic heterocycles. The van der Waals surface area contributed by atoms with Crippen molar-refractivity contribution in [3.05, 3.63) is 0 Å². The van der Waals surface area contributed by atoms with Gasteiger partial charge in [0.05, 0.1) is 6.54 Å². The molecule has 1 saturated heterocycles. The van der Waals surface area contributed by atoms with E-state index in [2.05, 4.69) is 15.9 Å². The summed E-state index contributed by atoms with van der Waals surface area (Å²) < 4.78 is 59.9. The van der Waals surface area contributed by atoms with Crippen LogP contribution >= 0.6 is 15.9 Å². The second kappa shape index (κ2) is 5.19. The lowest BCUT2D eigenvalue weighted by Gasteiger charge is -2.33. The molecule has 16 heavy (non-hydrogen) atoms. The molecule has 0 radical (unpaired) electrons. The maximum Gasteiger partial charge on any atom is 0.401 e. The molecular formula is C7H12BrF3N2O2S. The zero-order valence-corrected chi connectivity index (χ0v) is 10.8. The highest BCUT2D eigenvalue weighted by molar-refractivity contribution is 9.10. The van der Waals surface area contributed by atoms with Gasteiger partial charge in [-0.2, -0.15) is 17.5 Å². The Balaban J connectivity index is 2.46. The molecule has 0 bridgehead atoms. The van der Waals surface area contributed by atoms with Crippen LogP contribution < -0.4 is 0 Å². The zero-order valence-electron chi connectivity index (χ0n) is 8.37. The van der Waals surface area contributed by atoms with Crippen LogP contribution in [0.3, 0.4) is 0 Å². The van der Waals surface area contributed by atoms with E-state index in [1.165, 1.54) is 9.21 Å². The van der Waals surface area contributed by atoms with Crippen molar-refractivity contribution in [1.82, 2.24) is 9.21 Å². The molecule has 1 aliphatic rings. The summed E-state index contributed by atoms with van der Waals surface area (Å²) >= 11 is 2.85. The smallest absolute Gasteiger partial charge is 0.292 e. The average Bonchev–Trinajstić information content (AvgIpc) is 2.16. The standard InChI is InChI=1S/C7H12BrF3N2O2S/c8-6-16(14,15)13-3-1-12(2-4-13)5-7(9,10)11/h1-6H2. The van der Waals surface area contributed by atoms with E-state index >= 15 is 0 Å². The molecule has 0 spiro atoms. The minimum absolute atomic E-state index is 0.115. The third-order valence-electron chi connectivity index (χ3n) is 2.27. The summed E-state index contributed by atoms with van der Waals surface area (Å²) in [6.07, 6.45) is -4.23. The Morgan fingerprint density at radius 1 is 1.12 bits per heavy atom. The van der Waals surface area contributed by atoms with E-state index in [0.717, 1.165) is 0 Å². The van der Waals surface area contributed by atoms with Gasteiger partial charge in [0.2, 0.25) is 10.0 Å². The summed E-state index contributed by atoms with van der Waals surface area (Å²) in [5.74, 6) is 0. The lowest BCUT2D eigenvalue weighted by molar-refractivity contribution is -0.148. The van der Waals surface area contributed by atoms with Gasteiger partial charge in [0.25, 0.3) is 0 Å². The Kier molecular flexibility index (Phi) is 4.61. The third-order valence-corrected chi connectivity index (χ3v) is 5.43. The Morgan fingerprint density at radius 3 is 2.00 bits per heavy atom. The highest BCUT2D eigenvalue weighted by atomic mass is 79.9. The molecule has 4 nitrogen and oxygen atoms in total. The van der Waals surface area contributed by atoms with Crippen molar-refractivity contribution in [3.63, 3.8) is 0 Å². The number of piperazine rings is 1. The largest absolute Gasteiger partial charge is 0.401 e. The Labute approximate surface area is 101 Å². The molecule has 0 amide bonds. The van der Waals surface area contributed by atoms with E-state index in [1.54, 1.807) is 0 Å². The average molecular weight is 325 g/mol. The minimum atomic E-state index is -4.23. The SMILES string of the molecule is O=S(=O)(CBr)N1CCN(CC(F)(F)F)CC1. The molecule has 0 atom stereocenters. The first-order valence-electron chi connectivity index (χ1n) is 4.57. The number of sulfonamides is 1. The number of alkyl halides is 4. The molecular weight excluding hydrogens is 313 g/mol. The molecule has 0 unspecified atom stereocenters.